The highest BCUT2D eigenvalue weighted by atomic mass is 16.5. The lowest BCUT2D eigenvalue weighted by Crippen LogP contribution is -2.32. The first-order valence-corrected chi connectivity index (χ1v) is 12.9. The molecule has 202 valence electrons. The molecular formula is C32H29N3O5. The molecule has 0 saturated heterocycles. The van der Waals surface area contributed by atoms with Crippen molar-refractivity contribution in [2.45, 2.75) is 25.5 Å². The van der Waals surface area contributed by atoms with Crippen LogP contribution in [0.1, 0.15) is 40.3 Å². The van der Waals surface area contributed by atoms with Crippen LogP contribution in [-0.2, 0) is 11.2 Å². The number of aliphatic carboxylic acids is 1. The minimum absolute atomic E-state index is 0.174. The zero-order valence-electron chi connectivity index (χ0n) is 22.1. The molecule has 0 saturated carbocycles. The summed E-state index contributed by atoms with van der Waals surface area (Å²) in [6.45, 7) is 1.90. The molecule has 1 unspecified atom stereocenters. The molecule has 8 nitrogen and oxygen atoms in total. The Balaban J connectivity index is 1.26. The van der Waals surface area contributed by atoms with E-state index in [1.165, 1.54) is 0 Å². The maximum absolute atomic E-state index is 13.1. The van der Waals surface area contributed by atoms with Gasteiger partial charge in [0.05, 0.1) is 18.1 Å². The number of aromatic amines is 1. The van der Waals surface area contributed by atoms with E-state index in [1.807, 2.05) is 55.5 Å². The number of methoxy groups -OCH3 is 1. The molecule has 0 aliphatic heterocycles. The molecule has 1 aromatic heterocycles. The molecule has 40 heavy (non-hydrogen) atoms. The lowest BCUT2D eigenvalue weighted by atomic mass is 10.00. The average Bonchev–Trinajstić information content (AvgIpc) is 3.42. The second-order valence-corrected chi connectivity index (χ2v) is 9.39. The van der Waals surface area contributed by atoms with Gasteiger partial charge < -0.3 is 24.9 Å². The molecule has 0 aliphatic rings. The highest BCUT2D eigenvalue weighted by molar-refractivity contribution is 6.12. The smallest absolute Gasteiger partial charge is 0.326 e. The van der Waals surface area contributed by atoms with Crippen molar-refractivity contribution in [2.75, 3.05) is 12.4 Å². The summed E-state index contributed by atoms with van der Waals surface area (Å²) in [6.07, 6.45) is -0.124. The number of hydrogen-bond donors (Lipinski definition) is 3. The Hall–Kier alpha value is -5.11. The monoisotopic (exact) mass is 535 g/mol. The summed E-state index contributed by atoms with van der Waals surface area (Å²) >= 11 is 0. The van der Waals surface area contributed by atoms with Crippen LogP contribution >= 0.6 is 0 Å². The van der Waals surface area contributed by atoms with Gasteiger partial charge in [-0.1, -0.05) is 54.6 Å². The zero-order chi connectivity index (χ0) is 28.1. The van der Waals surface area contributed by atoms with Gasteiger partial charge in [-0.2, -0.15) is 0 Å². The van der Waals surface area contributed by atoms with Crippen LogP contribution in [0.25, 0.3) is 11.0 Å². The number of carboxylic acid groups (broad SMARTS) is 1. The summed E-state index contributed by atoms with van der Waals surface area (Å²) in [5, 5.41) is 13.0. The number of carbonyl (C=O) groups is 2. The van der Waals surface area contributed by atoms with Crippen LogP contribution < -0.4 is 14.8 Å². The van der Waals surface area contributed by atoms with Gasteiger partial charge in [-0.15, -0.1) is 0 Å². The first-order valence-electron chi connectivity index (χ1n) is 12.9. The molecule has 0 bridgehead atoms. The van der Waals surface area contributed by atoms with Gasteiger partial charge in [0, 0.05) is 29.3 Å². The van der Waals surface area contributed by atoms with Crippen molar-refractivity contribution in [3.05, 3.63) is 120 Å². The van der Waals surface area contributed by atoms with Gasteiger partial charge in [-0.3, -0.25) is 4.79 Å². The Morgan fingerprint density at radius 3 is 2.35 bits per heavy atom. The van der Waals surface area contributed by atoms with Crippen LogP contribution in [0.3, 0.4) is 0 Å². The van der Waals surface area contributed by atoms with E-state index < -0.39 is 12.0 Å². The van der Waals surface area contributed by atoms with Gasteiger partial charge in [0.15, 0.2) is 11.9 Å². The van der Waals surface area contributed by atoms with E-state index in [-0.39, 0.29) is 18.3 Å². The molecule has 0 radical (unpaired) electrons. The maximum Gasteiger partial charge on any atom is 0.326 e. The lowest BCUT2D eigenvalue weighted by Gasteiger charge is -2.19. The molecule has 2 atom stereocenters. The fourth-order valence-corrected chi connectivity index (χ4v) is 4.47. The van der Waals surface area contributed by atoms with Crippen molar-refractivity contribution >= 4 is 28.5 Å². The molecule has 0 spiro atoms. The summed E-state index contributed by atoms with van der Waals surface area (Å²) in [7, 11) is 1.62. The lowest BCUT2D eigenvalue weighted by molar-refractivity contribution is -0.137. The van der Waals surface area contributed by atoms with Crippen LogP contribution in [0.15, 0.2) is 97.1 Å². The Morgan fingerprint density at radius 1 is 0.925 bits per heavy atom. The summed E-state index contributed by atoms with van der Waals surface area (Å²) in [5.41, 5.74) is 3.92. The van der Waals surface area contributed by atoms with Gasteiger partial charge in [0.2, 0.25) is 0 Å². The third-order valence-electron chi connectivity index (χ3n) is 6.60. The van der Waals surface area contributed by atoms with Gasteiger partial charge in [0.1, 0.15) is 23.4 Å². The number of nitrogens with one attached hydrogen (secondary N) is 2. The maximum atomic E-state index is 13.1. The van der Waals surface area contributed by atoms with Gasteiger partial charge in [-0.05, 0) is 48.9 Å². The minimum atomic E-state index is -1.02. The Morgan fingerprint density at radius 2 is 1.62 bits per heavy atom. The highest BCUT2D eigenvalue weighted by Crippen LogP contribution is 2.26. The van der Waals surface area contributed by atoms with E-state index in [2.05, 4.69) is 15.3 Å². The number of imidazole rings is 1. The van der Waals surface area contributed by atoms with Crippen molar-refractivity contribution in [3.8, 4) is 11.5 Å². The van der Waals surface area contributed by atoms with Gasteiger partial charge in [-0.25, -0.2) is 9.78 Å². The summed E-state index contributed by atoms with van der Waals surface area (Å²) in [5.74, 6) is 0.871. The third-order valence-corrected chi connectivity index (χ3v) is 6.60. The number of carboxylic acids is 1. The number of rotatable bonds is 11. The SMILES string of the molecule is COc1ccc2nc(C(C)Oc3ccc(C[C@H](Nc4ccccc4C(=O)c4ccccc4)C(=O)O)cc3)[nH]c2c1. The summed E-state index contributed by atoms with van der Waals surface area (Å²) < 4.78 is 11.4. The second kappa shape index (κ2) is 11.7. The van der Waals surface area contributed by atoms with E-state index in [9.17, 15) is 14.7 Å². The first-order chi connectivity index (χ1) is 19.4. The molecule has 5 rings (SSSR count). The number of hydrogen-bond acceptors (Lipinski definition) is 6. The van der Waals surface area contributed by atoms with E-state index in [0.717, 1.165) is 22.3 Å². The number of ketones is 1. The molecule has 1 heterocycles. The van der Waals surface area contributed by atoms with Crippen LogP contribution in [0.2, 0.25) is 0 Å². The molecule has 0 amide bonds. The van der Waals surface area contributed by atoms with Crippen molar-refractivity contribution in [1.29, 1.82) is 0 Å². The fraction of sp³-hybridized carbons (Fsp3) is 0.156. The Labute approximate surface area is 231 Å². The van der Waals surface area contributed by atoms with E-state index in [1.54, 1.807) is 55.6 Å². The number of para-hydroxylation sites is 1. The van der Waals surface area contributed by atoms with Crippen molar-refractivity contribution in [2.24, 2.45) is 0 Å². The summed E-state index contributed by atoms with van der Waals surface area (Å²) in [6, 6.07) is 27.9. The van der Waals surface area contributed by atoms with E-state index in [4.69, 9.17) is 9.47 Å². The number of anilines is 1. The molecule has 3 N–H and O–H groups in total. The topological polar surface area (TPSA) is 114 Å². The standard InChI is InChI=1S/C32H29N3O5/c1-20(31-34-27-17-16-24(39-2)19-28(27)35-31)40-23-14-12-21(13-15-23)18-29(32(37)38)33-26-11-7-6-10-25(26)30(36)22-8-4-3-5-9-22/h3-17,19-20,29,33H,18H2,1-2H3,(H,34,35)(H,37,38)/t20?,29-/m0/s1. The first kappa shape index (κ1) is 26.5. The van der Waals surface area contributed by atoms with Gasteiger partial charge >= 0.3 is 5.97 Å². The molecular weight excluding hydrogens is 506 g/mol. The van der Waals surface area contributed by atoms with E-state index in [0.29, 0.717) is 28.4 Å². The van der Waals surface area contributed by atoms with Gasteiger partial charge in [0.25, 0.3) is 0 Å². The molecule has 5 aromatic rings. The van der Waals surface area contributed by atoms with Crippen LogP contribution in [-0.4, -0.2) is 40.0 Å². The minimum Gasteiger partial charge on any atom is -0.497 e. The largest absolute Gasteiger partial charge is 0.497 e. The number of ether oxygens (including phenoxy) is 2. The number of H-pyrrole nitrogens is 1. The zero-order valence-corrected chi connectivity index (χ0v) is 22.1. The second-order valence-electron chi connectivity index (χ2n) is 9.39. The third kappa shape index (κ3) is 5.96. The Kier molecular flexibility index (Phi) is 7.77. The quantitative estimate of drug-likeness (QED) is 0.176. The number of carbonyl (C=O) groups excluding carboxylic acids is 1. The van der Waals surface area contributed by atoms with Crippen molar-refractivity contribution in [1.82, 2.24) is 9.97 Å². The fourth-order valence-electron chi connectivity index (χ4n) is 4.47. The number of aromatic nitrogens is 2. The van der Waals surface area contributed by atoms with Crippen LogP contribution in [0.4, 0.5) is 5.69 Å². The van der Waals surface area contributed by atoms with E-state index >= 15 is 0 Å². The van der Waals surface area contributed by atoms with Crippen molar-refractivity contribution < 1.29 is 24.2 Å². The molecule has 0 aliphatic carbocycles. The number of benzene rings is 4. The highest BCUT2D eigenvalue weighted by Gasteiger charge is 2.21. The normalized spacial score (nSPS) is 12.4. The van der Waals surface area contributed by atoms with Crippen molar-refractivity contribution in [3.63, 3.8) is 0 Å². The predicted octanol–water partition coefficient (Wildman–Crippen LogP) is 6.05. The predicted molar refractivity (Wildman–Crippen MR) is 153 cm³/mol. The number of fused-ring (bicyclic) bond motifs is 1. The average molecular weight is 536 g/mol. The molecule has 4 aromatic carbocycles. The summed E-state index contributed by atoms with van der Waals surface area (Å²) in [4.78, 5) is 33.1. The van der Waals surface area contributed by atoms with Crippen LogP contribution in [0.5, 0.6) is 11.5 Å². The number of nitrogens with zero attached hydrogens (tertiary/aromatic N) is 1. The molecule has 8 heteroatoms. The van der Waals surface area contributed by atoms with Crippen LogP contribution in [0, 0.1) is 0 Å². The Bertz CT molecular complexity index is 1630. The molecule has 0 fully saturated rings.